The molecule has 0 amide bonds. The first kappa shape index (κ1) is 26.1. The van der Waals surface area contributed by atoms with Crippen LogP contribution in [0.2, 0.25) is 5.02 Å². The van der Waals surface area contributed by atoms with Gasteiger partial charge in [-0.25, -0.2) is 8.42 Å². The van der Waals surface area contributed by atoms with E-state index in [1.807, 2.05) is 20.8 Å². The molecule has 11 heteroatoms. The fraction of sp³-hybridized carbons (Fsp3) is 0.435. The van der Waals surface area contributed by atoms with Crippen LogP contribution in [-0.2, 0) is 16.2 Å². The molecule has 1 atom stereocenters. The van der Waals surface area contributed by atoms with Crippen LogP contribution < -0.4 is 9.64 Å². The van der Waals surface area contributed by atoms with Crippen LogP contribution in [0.15, 0.2) is 41.3 Å². The fourth-order valence-corrected chi connectivity index (χ4v) is 5.98. The first-order chi connectivity index (χ1) is 15.6. The quantitative estimate of drug-likeness (QED) is 0.552. The van der Waals surface area contributed by atoms with Gasteiger partial charge in [0.1, 0.15) is 16.2 Å². The Morgan fingerprint density at radius 1 is 1.12 bits per heavy atom. The molecular weight excluding hydrogens is 491 g/mol. The number of ether oxygens (including phenoxy) is 1. The van der Waals surface area contributed by atoms with Gasteiger partial charge in [0.15, 0.2) is 0 Å². The number of sulfonamides is 1. The topological polar surface area (TPSA) is 73.6 Å². The first-order valence-electron chi connectivity index (χ1n) is 10.5. The molecule has 1 aliphatic rings. The van der Waals surface area contributed by atoms with Gasteiger partial charge >= 0.3 is 6.18 Å². The zero-order valence-electron chi connectivity index (χ0n) is 19.1. The average molecular weight is 516 g/mol. The second-order valence-electron chi connectivity index (χ2n) is 9.06. The zero-order chi connectivity index (χ0) is 25.5. The van der Waals surface area contributed by atoms with Crippen molar-refractivity contribution in [2.24, 2.45) is 0 Å². The Kier molecular flexibility index (Phi) is 7.14. The van der Waals surface area contributed by atoms with Crippen LogP contribution in [0.1, 0.15) is 38.8 Å². The van der Waals surface area contributed by atoms with E-state index in [1.54, 1.807) is 13.0 Å². The predicted molar refractivity (Wildman–Crippen MR) is 124 cm³/mol. The van der Waals surface area contributed by atoms with Crippen molar-refractivity contribution in [3.05, 3.63) is 52.5 Å². The van der Waals surface area contributed by atoms with Gasteiger partial charge in [-0.3, -0.25) is 0 Å². The highest BCUT2D eigenvalue weighted by atomic mass is 35.5. The summed E-state index contributed by atoms with van der Waals surface area (Å²) in [5.41, 5.74) is -1.60. The molecule has 2 aromatic carbocycles. The Morgan fingerprint density at radius 3 is 2.32 bits per heavy atom. The minimum Gasteiger partial charge on any atom is -0.488 e. The van der Waals surface area contributed by atoms with Gasteiger partial charge in [-0.1, -0.05) is 11.6 Å². The normalized spacial score (nSPS) is 18.0. The lowest BCUT2D eigenvalue weighted by atomic mass is 10.1. The van der Waals surface area contributed by atoms with Crippen molar-refractivity contribution in [2.75, 3.05) is 24.5 Å². The lowest BCUT2D eigenvalue weighted by molar-refractivity contribution is -0.137. The van der Waals surface area contributed by atoms with Crippen LogP contribution in [0, 0.1) is 11.3 Å². The van der Waals surface area contributed by atoms with Crippen LogP contribution in [0.4, 0.5) is 18.9 Å². The summed E-state index contributed by atoms with van der Waals surface area (Å²) < 4.78 is 74.5. The van der Waals surface area contributed by atoms with Gasteiger partial charge in [0.2, 0.25) is 10.0 Å². The van der Waals surface area contributed by atoms with E-state index in [0.717, 1.165) is 6.07 Å². The Balaban J connectivity index is 1.86. The smallest absolute Gasteiger partial charge is 0.418 e. The maximum Gasteiger partial charge on any atom is 0.418 e. The number of halogens is 4. The average Bonchev–Trinajstić information content (AvgIpc) is 2.71. The van der Waals surface area contributed by atoms with Crippen LogP contribution in [0.3, 0.4) is 0 Å². The summed E-state index contributed by atoms with van der Waals surface area (Å²) in [5.74, 6) is 0.426. The number of piperazine rings is 1. The van der Waals surface area contributed by atoms with Gasteiger partial charge in [-0.2, -0.15) is 22.7 Å². The van der Waals surface area contributed by atoms with Crippen molar-refractivity contribution in [3.8, 4) is 11.8 Å². The third kappa shape index (κ3) is 5.59. The van der Waals surface area contributed by atoms with Crippen LogP contribution in [0.5, 0.6) is 5.75 Å². The SMILES string of the molecule is C[C@@H]1CN(c2ccc(C#N)cc2C(F)(F)F)CCN1S(=O)(=O)c1ccc(OC(C)(C)C)cc1Cl. The predicted octanol–water partition coefficient (Wildman–Crippen LogP) is 5.31. The maximum atomic E-state index is 13.6. The molecule has 1 heterocycles. The number of alkyl halides is 3. The van der Waals surface area contributed by atoms with Crippen molar-refractivity contribution in [1.29, 1.82) is 5.26 Å². The van der Waals surface area contributed by atoms with Gasteiger partial charge in [-0.15, -0.1) is 0 Å². The second-order valence-corrected chi connectivity index (χ2v) is 11.3. The highest BCUT2D eigenvalue weighted by Gasteiger charge is 2.39. The highest BCUT2D eigenvalue weighted by Crippen LogP contribution is 2.39. The summed E-state index contributed by atoms with van der Waals surface area (Å²) in [6, 6.07) is 8.81. The van der Waals surface area contributed by atoms with E-state index >= 15 is 0 Å². The van der Waals surface area contributed by atoms with Gasteiger partial charge in [-0.05, 0) is 58.0 Å². The largest absolute Gasteiger partial charge is 0.488 e. The van der Waals surface area contributed by atoms with Crippen LogP contribution in [-0.4, -0.2) is 44.0 Å². The molecule has 184 valence electrons. The van der Waals surface area contributed by atoms with Crippen LogP contribution >= 0.6 is 11.6 Å². The molecule has 0 N–H and O–H groups in total. The summed E-state index contributed by atoms with van der Waals surface area (Å²) in [4.78, 5) is 1.40. The molecule has 3 rings (SSSR count). The van der Waals surface area contributed by atoms with Crippen LogP contribution in [0.25, 0.3) is 0 Å². The molecule has 0 radical (unpaired) electrons. The van der Waals surface area contributed by atoms with E-state index in [1.165, 1.54) is 39.5 Å². The van der Waals surface area contributed by atoms with E-state index in [9.17, 15) is 21.6 Å². The molecule has 0 aromatic heterocycles. The van der Waals surface area contributed by atoms with Gasteiger partial charge < -0.3 is 9.64 Å². The Labute approximate surface area is 202 Å². The van der Waals surface area contributed by atoms with Gasteiger partial charge in [0.25, 0.3) is 0 Å². The molecule has 1 saturated heterocycles. The molecule has 2 aromatic rings. The monoisotopic (exact) mass is 515 g/mol. The molecule has 0 saturated carbocycles. The molecule has 0 unspecified atom stereocenters. The Hall–Kier alpha value is -2.48. The molecule has 34 heavy (non-hydrogen) atoms. The number of hydrogen-bond acceptors (Lipinski definition) is 5. The third-order valence-electron chi connectivity index (χ3n) is 5.25. The summed E-state index contributed by atoms with van der Waals surface area (Å²) in [5, 5.41) is 8.98. The molecule has 1 aliphatic heterocycles. The minimum atomic E-state index is -4.65. The molecule has 0 spiro atoms. The van der Waals surface area contributed by atoms with Gasteiger partial charge in [0.05, 0.1) is 22.2 Å². The molecule has 6 nitrogen and oxygen atoms in total. The minimum absolute atomic E-state index is 0.00262. The lowest BCUT2D eigenvalue weighted by Crippen LogP contribution is -2.54. The number of benzene rings is 2. The second kappa shape index (κ2) is 9.29. The zero-order valence-corrected chi connectivity index (χ0v) is 20.7. The number of rotatable bonds is 4. The van der Waals surface area contributed by atoms with Gasteiger partial charge in [0, 0.05) is 37.4 Å². The van der Waals surface area contributed by atoms with Crippen molar-refractivity contribution < 1.29 is 26.3 Å². The number of nitrogens with zero attached hydrogens (tertiary/aromatic N) is 3. The summed E-state index contributed by atoms with van der Waals surface area (Å²) >= 11 is 6.29. The van der Waals surface area contributed by atoms with E-state index < -0.39 is 33.4 Å². The maximum absolute atomic E-state index is 13.6. The number of hydrogen-bond donors (Lipinski definition) is 0. The lowest BCUT2D eigenvalue weighted by Gasteiger charge is -2.41. The van der Waals surface area contributed by atoms with Crippen molar-refractivity contribution in [1.82, 2.24) is 4.31 Å². The Morgan fingerprint density at radius 2 is 1.79 bits per heavy atom. The van der Waals surface area contributed by atoms with Crippen molar-refractivity contribution in [2.45, 2.75) is 50.4 Å². The fourth-order valence-electron chi connectivity index (χ4n) is 3.86. The molecule has 0 bridgehead atoms. The molecular formula is C23H25ClF3N3O3S. The van der Waals surface area contributed by atoms with Crippen molar-refractivity contribution in [3.63, 3.8) is 0 Å². The standard InChI is InChI=1S/C23H25ClF3N3O3S/c1-15-14-29(20-7-5-16(13-28)11-18(20)23(25,26)27)9-10-30(15)34(31,32)21-8-6-17(12-19(21)24)33-22(2,3)4/h5-8,11-12,15H,9-10,14H2,1-4H3/t15-/m1/s1. The van der Waals surface area contributed by atoms with E-state index in [4.69, 9.17) is 21.6 Å². The summed E-state index contributed by atoms with van der Waals surface area (Å²) in [6.07, 6.45) is -4.65. The summed E-state index contributed by atoms with van der Waals surface area (Å²) in [7, 11) is -4.00. The third-order valence-corrected chi connectivity index (χ3v) is 7.75. The van der Waals surface area contributed by atoms with E-state index in [2.05, 4.69) is 0 Å². The number of anilines is 1. The number of nitriles is 1. The summed E-state index contributed by atoms with van der Waals surface area (Å²) in [6.45, 7) is 7.24. The highest BCUT2D eigenvalue weighted by molar-refractivity contribution is 7.89. The molecule has 0 aliphatic carbocycles. The van der Waals surface area contributed by atoms with Crippen molar-refractivity contribution >= 4 is 27.3 Å². The molecule has 1 fully saturated rings. The first-order valence-corrected chi connectivity index (χ1v) is 12.3. The Bertz CT molecular complexity index is 1220. The van der Waals surface area contributed by atoms with E-state index in [-0.39, 0.29) is 40.8 Å². The van der Waals surface area contributed by atoms with E-state index in [0.29, 0.717) is 5.75 Å².